The molecular weight excluding hydrogens is 328 g/mol. The van der Waals surface area contributed by atoms with Crippen molar-refractivity contribution in [2.75, 3.05) is 26.8 Å². The van der Waals surface area contributed by atoms with E-state index >= 15 is 0 Å². The Morgan fingerprint density at radius 2 is 1.92 bits per heavy atom. The molecule has 2 aliphatic rings. The van der Waals surface area contributed by atoms with Crippen molar-refractivity contribution in [3.8, 4) is 0 Å². The van der Waals surface area contributed by atoms with Gasteiger partial charge in [0, 0.05) is 19.1 Å². The van der Waals surface area contributed by atoms with Crippen LogP contribution in [0.1, 0.15) is 34.7 Å². The van der Waals surface area contributed by atoms with E-state index in [9.17, 15) is 14.4 Å². The van der Waals surface area contributed by atoms with Crippen molar-refractivity contribution in [2.24, 2.45) is 0 Å². The third-order valence-electron chi connectivity index (χ3n) is 4.80. The number of aryl methyl sites for hydroxylation is 2. The first-order valence-electron chi connectivity index (χ1n) is 8.31. The number of piperidine rings is 1. The van der Waals surface area contributed by atoms with Gasteiger partial charge in [-0.05, 0) is 32.8 Å². The van der Waals surface area contributed by atoms with Gasteiger partial charge in [-0.3, -0.25) is 9.69 Å². The van der Waals surface area contributed by atoms with Gasteiger partial charge < -0.3 is 18.8 Å². The number of furan rings is 1. The quantitative estimate of drug-likeness (QED) is 0.768. The third kappa shape index (κ3) is 3.20. The van der Waals surface area contributed by atoms with Crippen LogP contribution in [0.2, 0.25) is 0 Å². The van der Waals surface area contributed by atoms with Crippen molar-refractivity contribution in [1.82, 2.24) is 9.80 Å². The smallest absolute Gasteiger partial charge is 0.410 e. The largest absolute Gasteiger partial charge is 0.467 e. The van der Waals surface area contributed by atoms with Gasteiger partial charge in [-0.25, -0.2) is 9.59 Å². The molecule has 2 aliphatic heterocycles. The average molecular weight is 350 g/mol. The number of carbonyl (C=O) groups is 3. The highest BCUT2D eigenvalue weighted by Gasteiger charge is 2.44. The maximum Gasteiger partial charge on any atom is 0.410 e. The molecular formula is C17H22N2O6. The molecule has 0 bridgehead atoms. The van der Waals surface area contributed by atoms with Crippen LogP contribution in [-0.2, 0) is 14.3 Å². The predicted octanol–water partition coefficient (Wildman–Crippen LogP) is 1.49. The molecule has 1 atom stereocenters. The molecule has 1 aromatic rings. The highest BCUT2D eigenvalue weighted by Crippen LogP contribution is 2.26. The Kier molecular flexibility index (Phi) is 4.69. The van der Waals surface area contributed by atoms with Crippen LogP contribution in [0.4, 0.5) is 4.79 Å². The molecule has 0 aromatic carbocycles. The molecule has 3 heterocycles. The first-order chi connectivity index (χ1) is 11.9. The Morgan fingerprint density at radius 3 is 2.48 bits per heavy atom. The van der Waals surface area contributed by atoms with Gasteiger partial charge in [0.25, 0.3) is 5.91 Å². The normalized spacial score (nSPS) is 21.4. The zero-order valence-corrected chi connectivity index (χ0v) is 14.6. The van der Waals surface area contributed by atoms with Gasteiger partial charge in [-0.2, -0.15) is 0 Å². The van der Waals surface area contributed by atoms with Crippen molar-refractivity contribution in [3.05, 3.63) is 23.2 Å². The van der Waals surface area contributed by atoms with Gasteiger partial charge in [0.1, 0.15) is 18.1 Å². The zero-order chi connectivity index (χ0) is 18.1. The van der Waals surface area contributed by atoms with Crippen molar-refractivity contribution in [3.63, 3.8) is 0 Å². The van der Waals surface area contributed by atoms with Crippen molar-refractivity contribution in [2.45, 2.75) is 38.8 Å². The molecule has 2 fully saturated rings. The van der Waals surface area contributed by atoms with Crippen LogP contribution in [0.15, 0.2) is 10.5 Å². The van der Waals surface area contributed by atoms with E-state index in [1.54, 1.807) is 17.9 Å². The van der Waals surface area contributed by atoms with Crippen LogP contribution in [0.3, 0.4) is 0 Å². The first kappa shape index (κ1) is 17.3. The summed E-state index contributed by atoms with van der Waals surface area (Å²) in [6.45, 7) is 4.60. The monoisotopic (exact) mass is 350 g/mol. The fourth-order valence-electron chi connectivity index (χ4n) is 3.51. The minimum atomic E-state index is -0.705. The molecule has 3 rings (SSSR count). The molecule has 0 spiro atoms. The second-order valence-corrected chi connectivity index (χ2v) is 6.37. The Hall–Kier alpha value is -2.51. The summed E-state index contributed by atoms with van der Waals surface area (Å²) in [5.74, 6) is 0.769. The molecule has 25 heavy (non-hydrogen) atoms. The standard InChI is InChI=1S/C17H22N2O6/c1-10-8-13(11(2)25-10)15(20)18-6-4-12(5-7-18)19-14(16(21)23-3)9-24-17(19)22/h8,12,14H,4-7,9H2,1-3H3. The Bertz CT molecular complexity index is 689. The Morgan fingerprint density at radius 1 is 1.24 bits per heavy atom. The fraction of sp³-hybridized carbons (Fsp3) is 0.588. The van der Waals surface area contributed by atoms with E-state index in [-0.39, 0.29) is 18.6 Å². The zero-order valence-electron chi connectivity index (χ0n) is 14.6. The molecule has 0 saturated carbocycles. The molecule has 2 amide bonds. The maximum atomic E-state index is 12.6. The molecule has 2 saturated heterocycles. The summed E-state index contributed by atoms with van der Waals surface area (Å²) < 4.78 is 15.2. The van der Waals surface area contributed by atoms with Crippen molar-refractivity contribution >= 4 is 18.0 Å². The van der Waals surface area contributed by atoms with Crippen LogP contribution in [-0.4, -0.2) is 66.7 Å². The van der Waals surface area contributed by atoms with Gasteiger partial charge in [-0.1, -0.05) is 0 Å². The number of hydrogen-bond donors (Lipinski definition) is 0. The lowest BCUT2D eigenvalue weighted by molar-refractivity contribution is -0.145. The van der Waals surface area contributed by atoms with Gasteiger partial charge >= 0.3 is 12.1 Å². The van der Waals surface area contributed by atoms with E-state index in [1.165, 1.54) is 12.0 Å². The number of ether oxygens (including phenoxy) is 2. The molecule has 8 heteroatoms. The second-order valence-electron chi connectivity index (χ2n) is 6.37. The number of amides is 2. The number of likely N-dealkylation sites (tertiary alicyclic amines) is 1. The average Bonchev–Trinajstić information content (AvgIpc) is 3.15. The van der Waals surface area contributed by atoms with Gasteiger partial charge in [-0.15, -0.1) is 0 Å². The second kappa shape index (κ2) is 6.78. The van der Waals surface area contributed by atoms with E-state index < -0.39 is 18.1 Å². The third-order valence-corrected chi connectivity index (χ3v) is 4.80. The minimum absolute atomic E-state index is 0.0120. The Balaban J connectivity index is 1.65. The lowest BCUT2D eigenvalue weighted by Gasteiger charge is -2.37. The van der Waals surface area contributed by atoms with Crippen molar-refractivity contribution in [1.29, 1.82) is 0 Å². The number of nitrogens with zero attached hydrogens (tertiary/aromatic N) is 2. The predicted molar refractivity (Wildman–Crippen MR) is 86.1 cm³/mol. The number of methoxy groups -OCH3 is 1. The number of hydrogen-bond acceptors (Lipinski definition) is 6. The topological polar surface area (TPSA) is 89.3 Å². The summed E-state index contributed by atoms with van der Waals surface area (Å²) in [4.78, 5) is 39.7. The SMILES string of the molecule is COC(=O)C1COC(=O)N1C1CCN(C(=O)c2cc(C)oc2C)CC1. The highest BCUT2D eigenvalue weighted by atomic mass is 16.6. The minimum Gasteiger partial charge on any atom is -0.467 e. The molecule has 1 aromatic heterocycles. The van der Waals surface area contributed by atoms with Gasteiger partial charge in [0.05, 0.1) is 12.7 Å². The number of esters is 1. The van der Waals surface area contributed by atoms with Crippen LogP contribution >= 0.6 is 0 Å². The number of carbonyl (C=O) groups excluding carboxylic acids is 3. The fourth-order valence-corrected chi connectivity index (χ4v) is 3.51. The van der Waals surface area contributed by atoms with Crippen LogP contribution in [0.25, 0.3) is 0 Å². The lowest BCUT2D eigenvalue weighted by atomic mass is 10.0. The first-order valence-corrected chi connectivity index (χ1v) is 8.31. The van der Waals surface area contributed by atoms with Crippen LogP contribution < -0.4 is 0 Å². The molecule has 8 nitrogen and oxygen atoms in total. The molecule has 0 radical (unpaired) electrons. The number of cyclic esters (lactones) is 1. The van der Waals surface area contributed by atoms with E-state index in [0.717, 1.165) is 0 Å². The van der Waals surface area contributed by atoms with E-state index in [1.807, 2.05) is 6.92 Å². The molecule has 1 unspecified atom stereocenters. The summed E-state index contributed by atoms with van der Waals surface area (Å²) in [5.41, 5.74) is 0.573. The summed E-state index contributed by atoms with van der Waals surface area (Å²) >= 11 is 0. The van der Waals surface area contributed by atoms with E-state index in [0.29, 0.717) is 43.0 Å². The van der Waals surface area contributed by atoms with Crippen molar-refractivity contribution < 1.29 is 28.3 Å². The van der Waals surface area contributed by atoms with Crippen LogP contribution in [0, 0.1) is 13.8 Å². The van der Waals surface area contributed by atoms with Gasteiger partial charge in [0.2, 0.25) is 0 Å². The van der Waals surface area contributed by atoms with E-state index in [4.69, 9.17) is 13.9 Å². The van der Waals surface area contributed by atoms with E-state index in [2.05, 4.69) is 0 Å². The van der Waals surface area contributed by atoms with Gasteiger partial charge in [0.15, 0.2) is 6.04 Å². The van der Waals surface area contributed by atoms with Crippen LogP contribution in [0.5, 0.6) is 0 Å². The summed E-state index contributed by atoms with van der Waals surface area (Å²) in [7, 11) is 1.29. The molecule has 0 N–H and O–H groups in total. The number of rotatable bonds is 3. The molecule has 0 aliphatic carbocycles. The summed E-state index contributed by atoms with van der Waals surface area (Å²) in [6.07, 6.45) is 0.676. The highest BCUT2D eigenvalue weighted by molar-refractivity contribution is 5.95. The maximum absolute atomic E-state index is 12.6. The Labute approximate surface area is 145 Å². The molecule has 136 valence electrons. The lowest BCUT2D eigenvalue weighted by Crippen LogP contribution is -2.52. The summed E-state index contributed by atoms with van der Waals surface area (Å²) in [6, 6.07) is 0.897. The summed E-state index contributed by atoms with van der Waals surface area (Å²) in [5, 5.41) is 0.